The van der Waals surface area contributed by atoms with Crippen LogP contribution in [-0.2, 0) is 23.2 Å². The smallest absolute Gasteiger partial charge is 0.244 e. The molecule has 6 nitrogen and oxygen atoms in total. The number of benzene rings is 1. The van der Waals surface area contributed by atoms with E-state index < -0.39 is 0 Å². The molecule has 0 bridgehead atoms. The Morgan fingerprint density at radius 1 is 1.27 bits per heavy atom. The number of halogens is 1. The van der Waals surface area contributed by atoms with Crippen molar-refractivity contribution in [2.45, 2.75) is 27.3 Å². The predicted molar refractivity (Wildman–Crippen MR) is 104 cm³/mol. The number of carbonyl (C=O) groups excluding carboxylic acids is 2. The highest BCUT2D eigenvalue weighted by Crippen LogP contribution is 2.19. The van der Waals surface area contributed by atoms with Gasteiger partial charge in [-0.2, -0.15) is 5.10 Å². The largest absolute Gasteiger partial charge is 0.348 e. The Hall–Kier alpha value is -2.60. The zero-order valence-corrected chi connectivity index (χ0v) is 16.1. The van der Waals surface area contributed by atoms with Crippen LogP contribution in [0.3, 0.4) is 0 Å². The average Bonchev–Trinajstić information content (AvgIpc) is 2.84. The van der Waals surface area contributed by atoms with Gasteiger partial charge in [-0.05, 0) is 30.7 Å². The van der Waals surface area contributed by atoms with Gasteiger partial charge in [0.1, 0.15) is 5.15 Å². The lowest BCUT2D eigenvalue weighted by molar-refractivity contribution is -0.119. The van der Waals surface area contributed by atoms with E-state index in [1.807, 2.05) is 45.0 Å². The van der Waals surface area contributed by atoms with Crippen LogP contribution in [0.4, 0.5) is 5.69 Å². The van der Waals surface area contributed by atoms with Gasteiger partial charge in [-0.25, -0.2) is 0 Å². The van der Waals surface area contributed by atoms with E-state index in [0.717, 1.165) is 22.5 Å². The summed E-state index contributed by atoms with van der Waals surface area (Å²) in [6, 6.07) is 7.36. The number of rotatable bonds is 6. The van der Waals surface area contributed by atoms with E-state index in [1.165, 1.54) is 6.08 Å². The Balaban J connectivity index is 1.89. The van der Waals surface area contributed by atoms with Crippen molar-refractivity contribution in [3.63, 3.8) is 0 Å². The third-order valence-electron chi connectivity index (χ3n) is 3.81. The molecule has 0 atom stereocenters. The highest BCUT2D eigenvalue weighted by atomic mass is 35.5. The highest BCUT2D eigenvalue weighted by molar-refractivity contribution is 6.31. The molecule has 1 heterocycles. The number of carbonyl (C=O) groups is 2. The topological polar surface area (TPSA) is 76.0 Å². The standard InChI is InChI=1S/C19H23ClN4O2/c1-12(2)19(26)22-15-7-5-14(6-8-15)11-21-17(25)10-9-16-13(3)23-24(4)18(16)20/h5-10,12H,11H2,1-4H3,(H,21,25)(H,22,26)/b10-9+. The third-order valence-corrected chi connectivity index (χ3v) is 4.26. The molecule has 0 spiro atoms. The summed E-state index contributed by atoms with van der Waals surface area (Å²) in [5.41, 5.74) is 3.17. The van der Waals surface area contributed by atoms with E-state index in [2.05, 4.69) is 15.7 Å². The molecule has 2 amide bonds. The summed E-state index contributed by atoms with van der Waals surface area (Å²) in [5.74, 6) is -0.320. The first kappa shape index (κ1) is 19.7. The van der Waals surface area contributed by atoms with Gasteiger partial charge in [-0.15, -0.1) is 0 Å². The Morgan fingerprint density at radius 3 is 2.46 bits per heavy atom. The lowest BCUT2D eigenvalue weighted by Crippen LogP contribution is -2.20. The molecule has 0 unspecified atom stereocenters. The number of aromatic nitrogens is 2. The maximum Gasteiger partial charge on any atom is 0.244 e. The van der Waals surface area contributed by atoms with Crippen molar-refractivity contribution in [3.8, 4) is 0 Å². The van der Waals surface area contributed by atoms with Crippen LogP contribution in [0.5, 0.6) is 0 Å². The third kappa shape index (κ3) is 5.20. The van der Waals surface area contributed by atoms with E-state index in [9.17, 15) is 9.59 Å². The molecule has 2 rings (SSSR count). The molecule has 0 aliphatic rings. The molecular formula is C19H23ClN4O2. The summed E-state index contributed by atoms with van der Waals surface area (Å²) < 4.78 is 1.56. The van der Waals surface area contributed by atoms with Crippen LogP contribution in [0.2, 0.25) is 5.15 Å². The molecule has 0 saturated heterocycles. The monoisotopic (exact) mass is 374 g/mol. The van der Waals surface area contributed by atoms with E-state index in [4.69, 9.17) is 11.6 Å². The normalized spacial score (nSPS) is 11.2. The SMILES string of the molecule is Cc1nn(C)c(Cl)c1/C=C/C(=O)NCc1ccc(NC(=O)C(C)C)cc1. The quantitative estimate of drug-likeness (QED) is 0.761. The van der Waals surface area contributed by atoms with E-state index >= 15 is 0 Å². The molecule has 26 heavy (non-hydrogen) atoms. The van der Waals surface area contributed by atoms with E-state index in [0.29, 0.717) is 11.7 Å². The number of hydrogen-bond acceptors (Lipinski definition) is 3. The Morgan fingerprint density at radius 2 is 1.92 bits per heavy atom. The van der Waals surface area contributed by atoms with Gasteiger partial charge in [0, 0.05) is 36.8 Å². The second-order valence-corrected chi connectivity index (χ2v) is 6.66. The molecule has 0 radical (unpaired) electrons. The second kappa shape index (κ2) is 8.67. The van der Waals surface area contributed by atoms with Crippen LogP contribution in [0.1, 0.15) is 30.7 Å². The van der Waals surface area contributed by atoms with Crippen LogP contribution >= 0.6 is 11.6 Å². The Bertz CT molecular complexity index is 823. The highest BCUT2D eigenvalue weighted by Gasteiger charge is 2.09. The Labute approximate surface area is 158 Å². The zero-order valence-electron chi connectivity index (χ0n) is 15.3. The fourth-order valence-corrected chi connectivity index (χ4v) is 2.47. The van der Waals surface area contributed by atoms with Crippen molar-refractivity contribution in [2.24, 2.45) is 13.0 Å². The average molecular weight is 375 g/mol. The van der Waals surface area contributed by atoms with Crippen LogP contribution < -0.4 is 10.6 Å². The minimum Gasteiger partial charge on any atom is -0.348 e. The number of amides is 2. The second-order valence-electron chi connectivity index (χ2n) is 6.31. The van der Waals surface area contributed by atoms with E-state index in [-0.39, 0.29) is 17.7 Å². The molecule has 1 aromatic carbocycles. The fraction of sp³-hybridized carbons (Fsp3) is 0.316. The van der Waals surface area contributed by atoms with Crippen molar-refractivity contribution in [2.75, 3.05) is 5.32 Å². The molecule has 2 aromatic rings. The maximum atomic E-state index is 12.0. The Kier molecular flexibility index (Phi) is 6.58. The zero-order chi connectivity index (χ0) is 19.3. The molecule has 0 saturated carbocycles. The van der Waals surface area contributed by atoms with Gasteiger partial charge in [-0.3, -0.25) is 14.3 Å². The van der Waals surface area contributed by atoms with Crippen LogP contribution in [0.25, 0.3) is 6.08 Å². The molecule has 0 fully saturated rings. The number of anilines is 1. The minimum atomic E-state index is -0.221. The van der Waals surface area contributed by atoms with Gasteiger partial charge in [0.15, 0.2) is 0 Å². The van der Waals surface area contributed by atoms with Crippen LogP contribution in [0.15, 0.2) is 30.3 Å². The van der Waals surface area contributed by atoms with Crippen molar-refractivity contribution < 1.29 is 9.59 Å². The first-order chi connectivity index (χ1) is 12.3. The molecular weight excluding hydrogens is 352 g/mol. The van der Waals surface area contributed by atoms with Crippen LogP contribution in [-0.4, -0.2) is 21.6 Å². The van der Waals surface area contributed by atoms with Gasteiger partial charge < -0.3 is 10.6 Å². The predicted octanol–water partition coefficient (Wildman–Crippen LogP) is 3.31. The van der Waals surface area contributed by atoms with E-state index in [1.54, 1.807) is 17.8 Å². The van der Waals surface area contributed by atoms with Gasteiger partial charge in [0.05, 0.1) is 5.69 Å². The van der Waals surface area contributed by atoms with Crippen molar-refractivity contribution in [1.82, 2.24) is 15.1 Å². The van der Waals surface area contributed by atoms with Gasteiger partial charge in [0.25, 0.3) is 0 Å². The van der Waals surface area contributed by atoms with Crippen molar-refractivity contribution >= 4 is 35.2 Å². The molecule has 7 heteroatoms. The molecule has 138 valence electrons. The van der Waals surface area contributed by atoms with Gasteiger partial charge >= 0.3 is 0 Å². The minimum absolute atomic E-state index is 0.0273. The summed E-state index contributed by atoms with van der Waals surface area (Å²) in [5, 5.41) is 10.3. The molecule has 0 aliphatic carbocycles. The molecule has 0 aliphatic heterocycles. The summed E-state index contributed by atoms with van der Waals surface area (Å²) in [6.07, 6.45) is 3.09. The summed E-state index contributed by atoms with van der Waals surface area (Å²) in [7, 11) is 1.75. The summed E-state index contributed by atoms with van der Waals surface area (Å²) >= 11 is 6.13. The van der Waals surface area contributed by atoms with Crippen molar-refractivity contribution in [3.05, 3.63) is 52.3 Å². The lowest BCUT2D eigenvalue weighted by atomic mass is 10.1. The number of nitrogens with zero attached hydrogens (tertiary/aromatic N) is 2. The first-order valence-corrected chi connectivity index (χ1v) is 8.70. The summed E-state index contributed by atoms with van der Waals surface area (Å²) in [6.45, 7) is 5.91. The summed E-state index contributed by atoms with van der Waals surface area (Å²) in [4.78, 5) is 23.6. The number of aryl methyl sites for hydroxylation is 2. The maximum absolute atomic E-state index is 12.0. The van der Waals surface area contributed by atoms with Gasteiger partial charge in [-0.1, -0.05) is 37.6 Å². The van der Waals surface area contributed by atoms with Crippen molar-refractivity contribution in [1.29, 1.82) is 0 Å². The number of nitrogens with one attached hydrogen (secondary N) is 2. The van der Waals surface area contributed by atoms with Crippen LogP contribution in [0, 0.1) is 12.8 Å². The van der Waals surface area contributed by atoms with Gasteiger partial charge in [0.2, 0.25) is 11.8 Å². The molecule has 2 N–H and O–H groups in total. The lowest BCUT2D eigenvalue weighted by Gasteiger charge is -2.08. The first-order valence-electron chi connectivity index (χ1n) is 8.32. The number of hydrogen-bond donors (Lipinski definition) is 2. The molecule has 1 aromatic heterocycles. The fourth-order valence-electron chi connectivity index (χ4n) is 2.24.